The number of carbonyl (C=O) groups excluding carboxylic acids is 1. The minimum atomic E-state index is -3.67. The fourth-order valence-electron chi connectivity index (χ4n) is 3.86. The number of halogens is 2. The molecule has 0 unspecified atom stereocenters. The second-order valence-corrected chi connectivity index (χ2v) is 10.8. The number of benzene rings is 2. The Morgan fingerprint density at radius 3 is 2.47 bits per heavy atom. The Kier molecular flexibility index (Phi) is 8.21. The third kappa shape index (κ3) is 6.01. The van der Waals surface area contributed by atoms with Crippen LogP contribution in [0.5, 0.6) is 5.75 Å². The van der Waals surface area contributed by atoms with Crippen LogP contribution in [-0.4, -0.2) is 61.2 Å². The molecule has 2 aromatic carbocycles. The number of aromatic nitrogens is 2. The molecule has 0 radical (unpaired) electrons. The van der Waals surface area contributed by atoms with Crippen LogP contribution in [-0.2, 0) is 14.9 Å². The van der Waals surface area contributed by atoms with Crippen LogP contribution in [0.1, 0.15) is 29.4 Å². The molecule has 1 N–H and O–H groups in total. The molecule has 4 rings (SSSR count). The smallest absolute Gasteiger partial charge is 0.309 e. The van der Waals surface area contributed by atoms with E-state index in [0.717, 1.165) is 0 Å². The molecule has 192 valence electrons. The number of hydrogen-bond acceptors (Lipinski definition) is 7. The lowest BCUT2D eigenvalue weighted by Crippen LogP contribution is -2.48. The lowest BCUT2D eigenvalue weighted by molar-refractivity contribution is 0.0124. The average Bonchev–Trinajstić information content (AvgIpc) is 3.17. The van der Waals surface area contributed by atoms with Crippen LogP contribution in [0.3, 0.4) is 0 Å². The highest BCUT2D eigenvalue weighted by molar-refractivity contribution is 7.87. The van der Waals surface area contributed by atoms with E-state index in [1.54, 1.807) is 66.0 Å². The Hall–Kier alpha value is -2.63. The highest BCUT2D eigenvalue weighted by atomic mass is 35.5. The molecule has 1 aromatic heterocycles. The van der Waals surface area contributed by atoms with Crippen LogP contribution >= 0.6 is 23.2 Å². The highest BCUT2D eigenvalue weighted by Crippen LogP contribution is 2.33. The average molecular weight is 553 g/mol. The number of morpholine rings is 1. The van der Waals surface area contributed by atoms with Gasteiger partial charge in [0.1, 0.15) is 5.75 Å². The molecular formula is C24H26Cl2N4O5S. The number of nitrogens with zero attached hydrogens (tertiary/aromatic N) is 3. The Balaban J connectivity index is 1.74. The van der Waals surface area contributed by atoms with Crippen LogP contribution in [0.2, 0.25) is 10.0 Å². The summed E-state index contributed by atoms with van der Waals surface area (Å²) in [5.74, 6) is -0.229. The SMILES string of the molecule is CCCS(=O)(=O)Oc1ccc(-c2c(C)c(C(=O)NN3CCOCC3)nn2-c2ccc(Cl)cc2Cl)cc1. The van der Waals surface area contributed by atoms with Gasteiger partial charge in [0, 0.05) is 29.2 Å². The number of nitrogens with one attached hydrogen (secondary N) is 1. The monoisotopic (exact) mass is 552 g/mol. The summed E-state index contributed by atoms with van der Waals surface area (Å²) in [5, 5.41) is 7.23. The van der Waals surface area contributed by atoms with E-state index in [0.29, 0.717) is 65.3 Å². The fraction of sp³-hybridized carbons (Fsp3) is 0.333. The van der Waals surface area contributed by atoms with Crippen molar-refractivity contribution in [3.63, 3.8) is 0 Å². The predicted octanol–water partition coefficient (Wildman–Crippen LogP) is 4.25. The molecule has 1 aliphatic rings. The molecule has 0 saturated carbocycles. The van der Waals surface area contributed by atoms with Gasteiger partial charge in [0.25, 0.3) is 5.91 Å². The van der Waals surface area contributed by atoms with E-state index in [9.17, 15) is 13.2 Å². The van der Waals surface area contributed by atoms with Crippen LogP contribution < -0.4 is 9.61 Å². The van der Waals surface area contributed by atoms with Gasteiger partial charge in [-0.15, -0.1) is 0 Å². The summed E-state index contributed by atoms with van der Waals surface area (Å²) in [4.78, 5) is 13.2. The van der Waals surface area contributed by atoms with Gasteiger partial charge in [0.05, 0.1) is 35.4 Å². The molecule has 36 heavy (non-hydrogen) atoms. The van der Waals surface area contributed by atoms with E-state index in [2.05, 4.69) is 10.5 Å². The first kappa shape index (κ1) is 26.4. The van der Waals surface area contributed by atoms with Crippen molar-refractivity contribution in [1.82, 2.24) is 20.2 Å². The van der Waals surface area contributed by atoms with E-state index in [-0.39, 0.29) is 23.1 Å². The maximum atomic E-state index is 13.2. The Bertz CT molecular complexity index is 1350. The van der Waals surface area contributed by atoms with Crippen molar-refractivity contribution in [2.45, 2.75) is 20.3 Å². The minimum absolute atomic E-state index is 0.0721. The summed E-state index contributed by atoms with van der Waals surface area (Å²) >= 11 is 12.6. The van der Waals surface area contributed by atoms with Crippen molar-refractivity contribution < 1.29 is 22.1 Å². The normalized spacial score (nSPS) is 14.6. The maximum Gasteiger partial charge on any atom is 0.309 e. The molecule has 0 bridgehead atoms. The summed E-state index contributed by atoms with van der Waals surface area (Å²) < 4.78 is 36.2. The zero-order valence-electron chi connectivity index (χ0n) is 19.8. The third-order valence-corrected chi connectivity index (χ3v) is 7.44. The van der Waals surface area contributed by atoms with Crippen LogP contribution in [0.4, 0.5) is 0 Å². The lowest BCUT2D eigenvalue weighted by atomic mass is 10.1. The molecular weight excluding hydrogens is 527 g/mol. The zero-order chi connectivity index (χ0) is 25.9. The second kappa shape index (κ2) is 11.2. The molecule has 3 aromatic rings. The van der Waals surface area contributed by atoms with E-state index in [4.69, 9.17) is 32.1 Å². The standard InChI is InChI=1S/C24H26Cl2N4O5S/c1-3-14-36(32,33)35-19-7-4-17(5-8-19)23-16(2)22(24(31)28-29-10-12-34-13-11-29)27-30(23)21-9-6-18(25)15-20(21)26/h4-9,15H,3,10-14H2,1-2H3,(H,28,31). The van der Waals surface area contributed by atoms with E-state index in [1.807, 2.05) is 0 Å². The van der Waals surface area contributed by atoms with Crippen LogP contribution in [0.15, 0.2) is 42.5 Å². The third-order valence-electron chi connectivity index (χ3n) is 5.55. The van der Waals surface area contributed by atoms with E-state index in [1.165, 1.54) is 0 Å². The van der Waals surface area contributed by atoms with Gasteiger partial charge in [0.2, 0.25) is 0 Å². The molecule has 12 heteroatoms. The van der Waals surface area contributed by atoms with Gasteiger partial charge in [-0.2, -0.15) is 13.5 Å². The summed E-state index contributed by atoms with van der Waals surface area (Å²) in [6.07, 6.45) is 0.454. The fourth-order valence-corrected chi connectivity index (χ4v) is 5.33. The molecule has 1 fully saturated rings. The Labute approximate surface area is 220 Å². The van der Waals surface area contributed by atoms with Crippen molar-refractivity contribution >= 4 is 39.2 Å². The molecule has 1 saturated heterocycles. The number of hydrazine groups is 1. The zero-order valence-corrected chi connectivity index (χ0v) is 22.2. The van der Waals surface area contributed by atoms with Gasteiger partial charge >= 0.3 is 10.1 Å². The first-order chi connectivity index (χ1) is 17.2. The Morgan fingerprint density at radius 1 is 1.14 bits per heavy atom. The molecule has 2 heterocycles. The number of ether oxygens (including phenoxy) is 1. The first-order valence-corrected chi connectivity index (χ1v) is 13.7. The van der Waals surface area contributed by atoms with E-state index >= 15 is 0 Å². The van der Waals surface area contributed by atoms with E-state index < -0.39 is 10.1 Å². The van der Waals surface area contributed by atoms with Crippen LogP contribution in [0.25, 0.3) is 16.9 Å². The molecule has 0 spiro atoms. The molecule has 0 atom stereocenters. The van der Waals surface area contributed by atoms with Gasteiger partial charge in [-0.05, 0) is 55.8 Å². The summed E-state index contributed by atoms with van der Waals surface area (Å²) in [6, 6.07) is 11.6. The predicted molar refractivity (Wildman–Crippen MR) is 138 cm³/mol. The minimum Gasteiger partial charge on any atom is -0.382 e. The molecule has 0 aliphatic carbocycles. The Morgan fingerprint density at radius 2 is 1.83 bits per heavy atom. The topological polar surface area (TPSA) is 103 Å². The lowest BCUT2D eigenvalue weighted by Gasteiger charge is -2.26. The van der Waals surface area contributed by atoms with Crippen molar-refractivity contribution in [1.29, 1.82) is 0 Å². The second-order valence-electron chi connectivity index (χ2n) is 8.24. The number of hydrogen-bond donors (Lipinski definition) is 1. The molecule has 1 aliphatic heterocycles. The van der Waals surface area contributed by atoms with Crippen molar-refractivity contribution in [2.75, 3.05) is 32.1 Å². The van der Waals surface area contributed by atoms with Crippen molar-refractivity contribution in [3.8, 4) is 22.7 Å². The number of rotatable bonds is 8. The van der Waals surface area contributed by atoms with Gasteiger partial charge in [-0.3, -0.25) is 10.2 Å². The number of carbonyl (C=O) groups is 1. The number of amides is 1. The van der Waals surface area contributed by atoms with Gasteiger partial charge < -0.3 is 8.92 Å². The molecule has 1 amide bonds. The largest absolute Gasteiger partial charge is 0.382 e. The van der Waals surface area contributed by atoms with Gasteiger partial charge in [-0.1, -0.05) is 30.1 Å². The quantitative estimate of drug-likeness (QED) is 0.416. The van der Waals surface area contributed by atoms with Crippen molar-refractivity contribution in [2.24, 2.45) is 0 Å². The highest BCUT2D eigenvalue weighted by Gasteiger charge is 2.25. The summed E-state index contributed by atoms with van der Waals surface area (Å²) in [7, 11) is -3.67. The maximum absolute atomic E-state index is 13.2. The molecule has 9 nitrogen and oxygen atoms in total. The summed E-state index contributed by atoms with van der Waals surface area (Å²) in [6.45, 7) is 5.77. The van der Waals surface area contributed by atoms with Gasteiger partial charge in [-0.25, -0.2) is 9.69 Å². The van der Waals surface area contributed by atoms with Crippen molar-refractivity contribution in [3.05, 3.63) is 63.8 Å². The van der Waals surface area contributed by atoms with Gasteiger partial charge in [0.15, 0.2) is 5.69 Å². The van der Waals surface area contributed by atoms with Crippen LogP contribution in [0, 0.1) is 6.92 Å². The first-order valence-electron chi connectivity index (χ1n) is 11.4. The summed E-state index contributed by atoms with van der Waals surface area (Å²) in [5.41, 5.74) is 5.59.